The number of rotatable bonds is 6. The van der Waals surface area contributed by atoms with Crippen molar-refractivity contribution in [2.75, 3.05) is 5.32 Å². The van der Waals surface area contributed by atoms with E-state index in [1.807, 2.05) is 36.4 Å². The van der Waals surface area contributed by atoms with Gasteiger partial charge in [0.05, 0.1) is 6.20 Å². The molecule has 0 radical (unpaired) electrons. The molecular weight excluding hydrogens is 496 g/mol. The van der Waals surface area contributed by atoms with Crippen molar-refractivity contribution in [3.05, 3.63) is 119 Å². The van der Waals surface area contributed by atoms with Crippen LogP contribution in [-0.4, -0.2) is 21.6 Å². The topological polar surface area (TPSA) is 71.5 Å². The summed E-state index contributed by atoms with van der Waals surface area (Å²) in [6.07, 6.45) is 6.99. The van der Waals surface area contributed by atoms with Crippen LogP contribution in [0.1, 0.15) is 48.3 Å². The molecule has 1 heterocycles. The number of pyridine rings is 1. The predicted molar refractivity (Wildman–Crippen MR) is 149 cm³/mol. The van der Waals surface area contributed by atoms with E-state index < -0.39 is 11.5 Å². The minimum absolute atomic E-state index is 0.114. The summed E-state index contributed by atoms with van der Waals surface area (Å²) in [6, 6.07) is 28.1. The third-order valence-corrected chi connectivity index (χ3v) is 8.65. The number of nitrogens with one attached hydrogen (secondary N) is 1. The van der Waals surface area contributed by atoms with Gasteiger partial charge in [0, 0.05) is 22.3 Å². The number of hydrogen-bond donors (Lipinski definition) is 2. The van der Waals surface area contributed by atoms with E-state index in [0.717, 1.165) is 30.7 Å². The molecule has 1 aromatic heterocycles. The summed E-state index contributed by atoms with van der Waals surface area (Å²) in [7, 11) is 0. The van der Waals surface area contributed by atoms with Gasteiger partial charge in [-0.1, -0.05) is 54.1 Å². The van der Waals surface area contributed by atoms with Crippen LogP contribution in [0.3, 0.4) is 0 Å². The molecule has 2 N–H and O–H groups in total. The molecule has 1 atom stereocenters. The van der Waals surface area contributed by atoms with Crippen molar-refractivity contribution in [3.63, 3.8) is 0 Å². The van der Waals surface area contributed by atoms with Crippen molar-refractivity contribution < 1.29 is 14.6 Å². The molecule has 1 saturated carbocycles. The molecule has 2 aliphatic rings. The SMILES string of the molecule is O=C(O)C1(Nc2cccc(Cl)c2)CCC2(CC1)c1ccccc1CC2c1ccc(Oc2cccnc2)cc1. The normalized spacial score (nSPS) is 24.1. The molecule has 1 fully saturated rings. The van der Waals surface area contributed by atoms with E-state index in [9.17, 15) is 9.90 Å². The van der Waals surface area contributed by atoms with Gasteiger partial charge in [-0.2, -0.15) is 0 Å². The molecular formula is C32H29ClN2O3. The first-order valence-corrected chi connectivity index (χ1v) is 13.4. The van der Waals surface area contributed by atoms with Gasteiger partial charge in [0.25, 0.3) is 0 Å². The Kier molecular flexibility index (Phi) is 6.32. The number of carboxylic acid groups (broad SMARTS) is 1. The fraction of sp³-hybridized carbons (Fsp3) is 0.250. The molecule has 0 amide bonds. The highest BCUT2D eigenvalue weighted by Gasteiger charge is 2.54. The molecule has 3 aromatic carbocycles. The van der Waals surface area contributed by atoms with Crippen LogP contribution in [0, 0.1) is 0 Å². The molecule has 1 unspecified atom stereocenters. The molecule has 0 aliphatic heterocycles. The lowest BCUT2D eigenvalue weighted by Crippen LogP contribution is -2.52. The van der Waals surface area contributed by atoms with E-state index in [1.165, 1.54) is 16.7 Å². The lowest BCUT2D eigenvalue weighted by atomic mass is 9.59. The Morgan fingerprint density at radius 2 is 1.71 bits per heavy atom. The number of hydrogen-bond acceptors (Lipinski definition) is 4. The minimum Gasteiger partial charge on any atom is -0.480 e. The quantitative estimate of drug-likeness (QED) is 0.271. The molecule has 2 aliphatic carbocycles. The maximum Gasteiger partial charge on any atom is 0.329 e. The highest BCUT2D eigenvalue weighted by Crippen LogP contribution is 2.58. The van der Waals surface area contributed by atoms with Gasteiger partial charge >= 0.3 is 5.97 Å². The molecule has 5 nitrogen and oxygen atoms in total. The third-order valence-electron chi connectivity index (χ3n) is 8.41. The van der Waals surface area contributed by atoms with Crippen molar-refractivity contribution in [1.82, 2.24) is 4.98 Å². The lowest BCUT2D eigenvalue weighted by Gasteiger charge is -2.47. The average molecular weight is 525 g/mol. The van der Waals surface area contributed by atoms with E-state index in [-0.39, 0.29) is 11.3 Å². The van der Waals surface area contributed by atoms with E-state index >= 15 is 0 Å². The van der Waals surface area contributed by atoms with Crippen molar-refractivity contribution in [2.24, 2.45) is 0 Å². The number of nitrogens with zero attached hydrogens (tertiary/aromatic N) is 1. The molecule has 0 saturated heterocycles. The number of carbonyl (C=O) groups is 1. The van der Waals surface area contributed by atoms with Gasteiger partial charge in [-0.05, 0) is 97.2 Å². The molecule has 6 heteroatoms. The summed E-state index contributed by atoms with van der Waals surface area (Å²) < 4.78 is 5.97. The summed E-state index contributed by atoms with van der Waals surface area (Å²) in [5, 5.41) is 14.3. The standard InChI is InChI=1S/C32H29ClN2O3/c33-24-6-3-7-25(20-24)35-32(30(36)37)16-14-31(15-17-32)28-9-2-1-5-23(28)19-29(31)22-10-12-26(13-11-22)38-27-8-4-18-34-21-27/h1-13,18,20-21,29,35H,14-17,19H2,(H,36,37). The molecule has 6 rings (SSSR count). The van der Waals surface area contributed by atoms with Gasteiger partial charge in [-0.25, -0.2) is 4.79 Å². The van der Waals surface area contributed by atoms with E-state index in [4.69, 9.17) is 16.3 Å². The fourth-order valence-corrected chi connectivity index (χ4v) is 6.70. The maximum absolute atomic E-state index is 12.6. The van der Waals surface area contributed by atoms with Gasteiger partial charge < -0.3 is 15.2 Å². The van der Waals surface area contributed by atoms with Gasteiger partial charge in [0.2, 0.25) is 0 Å². The first kappa shape index (κ1) is 24.5. The predicted octanol–water partition coefficient (Wildman–Crippen LogP) is 7.61. The second-order valence-electron chi connectivity index (χ2n) is 10.5. The van der Waals surface area contributed by atoms with Crippen LogP contribution in [0.25, 0.3) is 0 Å². The summed E-state index contributed by atoms with van der Waals surface area (Å²) in [4.78, 5) is 16.8. The van der Waals surface area contributed by atoms with Crippen LogP contribution in [0.2, 0.25) is 5.02 Å². The number of halogens is 1. The Morgan fingerprint density at radius 3 is 2.42 bits per heavy atom. The molecule has 38 heavy (non-hydrogen) atoms. The Morgan fingerprint density at radius 1 is 0.921 bits per heavy atom. The number of fused-ring (bicyclic) bond motifs is 2. The average Bonchev–Trinajstić information content (AvgIpc) is 3.25. The number of benzene rings is 3. The number of anilines is 1. The highest BCUT2D eigenvalue weighted by atomic mass is 35.5. The molecule has 4 aromatic rings. The summed E-state index contributed by atoms with van der Waals surface area (Å²) in [6.45, 7) is 0. The number of carboxylic acids is 1. The van der Waals surface area contributed by atoms with Gasteiger partial charge in [0.15, 0.2) is 0 Å². The monoisotopic (exact) mass is 524 g/mol. The fourth-order valence-electron chi connectivity index (χ4n) is 6.51. The van der Waals surface area contributed by atoms with E-state index in [2.05, 4.69) is 46.7 Å². The Balaban J connectivity index is 1.29. The van der Waals surface area contributed by atoms with Crippen LogP contribution in [-0.2, 0) is 16.6 Å². The first-order valence-electron chi connectivity index (χ1n) is 13.0. The summed E-state index contributed by atoms with van der Waals surface area (Å²) in [5.74, 6) is 0.928. The number of ether oxygens (including phenoxy) is 1. The van der Waals surface area contributed by atoms with Crippen molar-refractivity contribution in [2.45, 2.75) is 49.0 Å². The largest absolute Gasteiger partial charge is 0.480 e. The molecule has 1 spiro atoms. The van der Waals surface area contributed by atoms with Crippen LogP contribution < -0.4 is 10.1 Å². The highest BCUT2D eigenvalue weighted by molar-refractivity contribution is 6.30. The second kappa shape index (κ2) is 9.80. The molecule has 0 bridgehead atoms. The summed E-state index contributed by atoms with van der Waals surface area (Å²) >= 11 is 6.19. The zero-order chi connectivity index (χ0) is 26.2. The third kappa shape index (κ3) is 4.41. The van der Waals surface area contributed by atoms with Crippen LogP contribution in [0.5, 0.6) is 11.5 Å². The van der Waals surface area contributed by atoms with Gasteiger partial charge in [-0.3, -0.25) is 4.98 Å². The molecule has 192 valence electrons. The van der Waals surface area contributed by atoms with Crippen LogP contribution in [0.4, 0.5) is 5.69 Å². The Hall–Kier alpha value is -3.83. The van der Waals surface area contributed by atoms with Crippen LogP contribution in [0.15, 0.2) is 97.3 Å². The zero-order valence-corrected chi connectivity index (χ0v) is 21.7. The van der Waals surface area contributed by atoms with Crippen LogP contribution >= 0.6 is 11.6 Å². The van der Waals surface area contributed by atoms with Gasteiger partial charge in [-0.15, -0.1) is 0 Å². The zero-order valence-electron chi connectivity index (χ0n) is 20.9. The van der Waals surface area contributed by atoms with E-state index in [0.29, 0.717) is 23.6 Å². The Labute approximate surface area is 227 Å². The number of aromatic nitrogens is 1. The van der Waals surface area contributed by atoms with Crippen molar-refractivity contribution in [3.8, 4) is 11.5 Å². The summed E-state index contributed by atoms with van der Waals surface area (Å²) in [5.41, 5.74) is 3.58. The first-order chi connectivity index (χ1) is 18.5. The lowest BCUT2D eigenvalue weighted by molar-refractivity contribution is -0.144. The van der Waals surface area contributed by atoms with Crippen molar-refractivity contribution in [1.29, 1.82) is 0 Å². The van der Waals surface area contributed by atoms with Gasteiger partial charge in [0.1, 0.15) is 17.0 Å². The van der Waals surface area contributed by atoms with Crippen molar-refractivity contribution >= 4 is 23.3 Å². The smallest absolute Gasteiger partial charge is 0.329 e. The number of aliphatic carboxylic acids is 1. The van der Waals surface area contributed by atoms with E-state index in [1.54, 1.807) is 24.5 Å². The Bertz CT molecular complexity index is 1450. The minimum atomic E-state index is -1.03. The second-order valence-corrected chi connectivity index (χ2v) is 10.9. The maximum atomic E-state index is 12.6.